The molecule has 0 aliphatic carbocycles. The molecular weight excluding hydrogens is 420 g/mol. The summed E-state index contributed by atoms with van der Waals surface area (Å²) in [5.41, 5.74) is 1.28. The third kappa shape index (κ3) is 4.84. The fourth-order valence-electron chi connectivity index (χ4n) is 2.44. The first kappa shape index (κ1) is 21.0. The molecule has 0 amide bonds. The van der Waals surface area contributed by atoms with E-state index in [1.165, 1.54) is 25.5 Å². The summed E-state index contributed by atoms with van der Waals surface area (Å²) >= 11 is 4.90. The van der Waals surface area contributed by atoms with E-state index in [-0.39, 0.29) is 17.1 Å². The summed E-state index contributed by atoms with van der Waals surface area (Å²) in [6.45, 7) is 0.170. The van der Waals surface area contributed by atoms with Crippen LogP contribution in [0.25, 0.3) is 0 Å². The summed E-state index contributed by atoms with van der Waals surface area (Å²) in [4.78, 5) is 10.2. The summed E-state index contributed by atoms with van der Waals surface area (Å²) in [5, 5.41) is 20.4. The molecule has 0 aliphatic heterocycles. The summed E-state index contributed by atoms with van der Waals surface area (Å²) in [6.07, 6.45) is -1.50. The minimum absolute atomic E-state index is 0.00676. The Hall–Kier alpha value is -3.67. The number of alkyl halides is 2. The first-order chi connectivity index (χ1) is 14.4. The average Bonchev–Trinajstić information content (AvgIpc) is 3.11. The van der Waals surface area contributed by atoms with Gasteiger partial charge in [0, 0.05) is 12.1 Å². The minimum Gasteiger partial charge on any atom is -0.493 e. The van der Waals surface area contributed by atoms with Crippen molar-refractivity contribution in [1.29, 1.82) is 0 Å². The number of nitro groups is 1. The second-order valence-electron chi connectivity index (χ2n) is 5.87. The van der Waals surface area contributed by atoms with Crippen LogP contribution in [0.1, 0.15) is 23.4 Å². The molecule has 1 aromatic heterocycles. The maximum absolute atomic E-state index is 12.9. The highest BCUT2D eigenvalue weighted by Crippen LogP contribution is 2.28. The van der Waals surface area contributed by atoms with Crippen molar-refractivity contribution in [3.8, 4) is 11.5 Å². The number of nitrogens with zero attached hydrogens (tertiary/aromatic N) is 4. The van der Waals surface area contributed by atoms with Crippen LogP contribution in [0.2, 0.25) is 0 Å². The quantitative estimate of drug-likeness (QED) is 0.245. The van der Waals surface area contributed by atoms with Crippen molar-refractivity contribution in [1.82, 2.24) is 14.9 Å². The summed E-state index contributed by atoms with van der Waals surface area (Å²) < 4.78 is 37.7. The third-order valence-corrected chi connectivity index (χ3v) is 4.19. The number of halogens is 2. The lowest BCUT2D eigenvalue weighted by atomic mass is 10.2. The van der Waals surface area contributed by atoms with Crippen molar-refractivity contribution in [3.63, 3.8) is 0 Å². The van der Waals surface area contributed by atoms with Gasteiger partial charge >= 0.3 is 0 Å². The van der Waals surface area contributed by atoms with Gasteiger partial charge in [0.1, 0.15) is 6.61 Å². The Morgan fingerprint density at radius 1 is 1.30 bits per heavy atom. The van der Waals surface area contributed by atoms with Crippen molar-refractivity contribution in [2.75, 3.05) is 7.11 Å². The lowest BCUT2D eigenvalue weighted by molar-refractivity contribution is -0.384. The van der Waals surface area contributed by atoms with E-state index >= 15 is 0 Å². The molecule has 0 radical (unpaired) electrons. The Morgan fingerprint density at radius 3 is 2.67 bits per heavy atom. The van der Waals surface area contributed by atoms with E-state index in [1.807, 2.05) is 0 Å². The van der Waals surface area contributed by atoms with Gasteiger partial charge in [-0.05, 0) is 53.7 Å². The van der Waals surface area contributed by atoms with E-state index in [9.17, 15) is 18.9 Å². The van der Waals surface area contributed by atoms with Gasteiger partial charge in [0.15, 0.2) is 11.5 Å². The van der Waals surface area contributed by atoms with Gasteiger partial charge in [0.2, 0.25) is 10.6 Å². The molecule has 0 bridgehead atoms. The molecule has 1 heterocycles. The van der Waals surface area contributed by atoms with Crippen LogP contribution in [0.3, 0.4) is 0 Å². The van der Waals surface area contributed by atoms with E-state index < -0.39 is 17.2 Å². The van der Waals surface area contributed by atoms with Crippen LogP contribution in [0.15, 0.2) is 47.6 Å². The number of ether oxygens (including phenoxy) is 2. The van der Waals surface area contributed by atoms with Gasteiger partial charge in [-0.2, -0.15) is 14.9 Å². The molecule has 1 N–H and O–H groups in total. The predicted octanol–water partition coefficient (Wildman–Crippen LogP) is 4.26. The van der Waals surface area contributed by atoms with Gasteiger partial charge in [-0.3, -0.25) is 10.1 Å². The van der Waals surface area contributed by atoms with Crippen LogP contribution >= 0.6 is 12.2 Å². The second kappa shape index (κ2) is 9.22. The molecule has 0 atom stereocenters. The molecule has 0 saturated carbocycles. The molecule has 9 nitrogen and oxygen atoms in total. The van der Waals surface area contributed by atoms with Gasteiger partial charge in [-0.15, -0.1) is 0 Å². The van der Waals surface area contributed by atoms with Crippen LogP contribution in [0.4, 0.5) is 14.5 Å². The topological polar surface area (TPSA) is 108 Å². The third-order valence-electron chi connectivity index (χ3n) is 3.92. The monoisotopic (exact) mass is 435 g/mol. The van der Waals surface area contributed by atoms with Gasteiger partial charge in [0.05, 0.1) is 18.2 Å². The number of non-ortho nitro benzene ring substituents is 1. The van der Waals surface area contributed by atoms with E-state index in [0.29, 0.717) is 17.1 Å². The number of aromatic nitrogens is 3. The Kier molecular flexibility index (Phi) is 6.47. The molecule has 12 heteroatoms. The fourth-order valence-corrected chi connectivity index (χ4v) is 2.63. The Labute approximate surface area is 173 Å². The van der Waals surface area contributed by atoms with Crippen molar-refractivity contribution >= 4 is 24.1 Å². The highest BCUT2D eigenvalue weighted by molar-refractivity contribution is 7.71. The number of hydrogen-bond acceptors (Lipinski definition) is 7. The van der Waals surface area contributed by atoms with Crippen LogP contribution in [0.5, 0.6) is 11.5 Å². The zero-order valence-corrected chi connectivity index (χ0v) is 16.3. The first-order valence-corrected chi connectivity index (χ1v) is 8.84. The normalized spacial score (nSPS) is 11.2. The molecular formula is C18H15F2N5O4S. The number of benzene rings is 2. The molecule has 0 aliphatic rings. The number of methoxy groups -OCH3 is 1. The summed E-state index contributed by atoms with van der Waals surface area (Å²) in [7, 11) is 1.45. The van der Waals surface area contributed by atoms with Crippen molar-refractivity contribution < 1.29 is 23.2 Å². The smallest absolute Gasteiger partial charge is 0.299 e. The first-order valence-electron chi connectivity index (χ1n) is 8.43. The average molecular weight is 435 g/mol. The van der Waals surface area contributed by atoms with Crippen LogP contribution < -0.4 is 9.47 Å². The minimum atomic E-state index is -2.83. The standard InChI is InChI=1S/C18H15F2N5O4S/c1-28-15-8-12(9-21-24-17(16(19)20)22-23-18(24)30)4-7-14(15)29-10-11-2-5-13(6-3-11)25(26)27/h2-9,16H,10H2,1H3,(H,23,30). The molecule has 156 valence electrons. The zero-order valence-electron chi connectivity index (χ0n) is 15.5. The van der Waals surface area contributed by atoms with E-state index in [4.69, 9.17) is 21.7 Å². The molecule has 0 saturated heterocycles. The highest BCUT2D eigenvalue weighted by atomic mass is 32.1. The molecule has 3 aromatic rings. The van der Waals surface area contributed by atoms with E-state index in [1.54, 1.807) is 30.3 Å². The lowest BCUT2D eigenvalue weighted by Crippen LogP contribution is -2.00. The Morgan fingerprint density at radius 2 is 2.03 bits per heavy atom. The fraction of sp³-hybridized carbons (Fsp3) is 0.167. The molecule has 3 rings (SSSR count). The van der Waals surface area contributed by atoms with Crippen molar-refractivity contribution in [2.45, 2.75) is 13.0 Å². The molecule has 2 aromatic carbocycles. The second-order valence-corrected chi connectivity index (χ2v) is 6.25. The molecule has 0 unspecified atom stereocenters. The summed E-state index contributed by atoms with van der Waals surface area (Å²) in [6, 6.07) is 10.9. The molecule has 0 spiro atoms. The summed E-state index contributed by atoms with van der Waals surface area (Å²) in [5.74, 6) is 0.234. The number of nitrogens with one attached hydrogen (secondary N) is 1. The number of H-pyrrole nitrogens is 1. The largest absolute Gasteiger partial charge is 0.493 e. The zero-order chi connectivity index (χ0) is 21.7. The van der Waals surface area contributed by atoms with Gasteiger partial charge < -0.3 is 9.47 Å². The van der Waals surface area contributed by atoms with Gasteiger partial charge in [0.25, 0.3) is 12.1 Å². The van der Waals surface area contributed by atoms with Gasteiger partial charge in [-0.25, -0.2) is 13.9 Å². The predicted molar refractivity (Wildman–Crippen MR) is 106 cm³/mol. The highest BCUT2D eigenvalue weighted by Gasteiger charge is 2.16. The number of hydrogen-bond donors (Lipinski definition) is 1. The number of nitro benzene ring substituents is 1. The SMILES string of the molecule is COc1cc(C=Nn2c(C(F)F)n[nH]c2=S)ccc1OCc1ccc([N+](=O)[O-])cc1. The number of aromatic amines is 1. The maximum Gasteiger partial charge on any atom is 0.299 e. The van der Waals surface area contributed by atoms with E-state index in [0.717, 1.165) is 10.2 Å². The van der Waals surface area contributed by atoms with Crippen LogP contribution in [0, 0.1) is 14.9 Å². The van der Waals surface area contributed by atoms with E-state index in [2.05, 4.69) is 15.3 Å². The lowest BCUT2D eigenvalue weighted by Gasteiger charge is -2.11. The molecule has 0 fully saturated rings. The van der Waals surface area contributed by atoms with Crippen LogP contribution in [-0.4, -0.2) is 33.1 Å². The maximum atomic E-state index is 12.9. The van der Waals surface area contributed by atoms with Crippen LogP contribution in [-0.2, 0) is 6.61 Å². The Bertz CT molecular complexity index is 1130. The Balaban J connectivity index is 1.74. The number of rotatable bonds is 8. The molecule has 30 heavy (non-hydrogen) atoms. The van der Waals surface area contributed by atoms with Crippen molar-refractivity contribution in [3.05, 3.63) is 74.3 Å². The van der Waals surface area contributed by atoms with Crippen molar-refractivity contribution in [2.24, 2.45) is 5.10 Å². The van der Waals surface area contributed by atoms with Gasteiger partial charge in [-0.1, -0.05) is 0 Å².